The van der Waals surface area contributed by atoms with Gasteiger partial charge in [-0.1, -0.05) is 170 Å². The maximum atomic E-state index is 9.36. The molecule has 276 valence electrons. The van der Waals surface area contributed by atoms with E-state index < -0.39 is 5.41 Å². The molecule has 11 rings (SSSR count). The Hall–Kier alpha value is -7.19. The Labute approximate surface area is 339 Å². The zero-order valence-corrected chi connectivity index (χ0v) is 31.8. The first-order valence-electron chi connectivity index (χ1n) is 20.1. The van der Waals surface area contributed by atoms with Crippen molar-refractivity contribution in [1.82, 2.24) is 10.6 Å². The molecule has 58 heavy (non-hydrogen) atoms. The third kappa shape index (κ3) is 5.39. The lowest BCUT2D eigenvalue weighted by atomic mass is 9.65. The van der Waals surface area contributed by atoms with Crippen molar-refractivity contribution in [2.45, 2.75) is 30.0 Å². The first kappa shape index (κ1) is 34.1. The van der Waals surface area contributed by atoms with Crippen LogP contribution in [-0.4, -0.2) is 0 Å². The first-order valence-corrected chi connectivity index (χ1v) is 20.1. The minimum absolute atomic E-state index is 0.0713. The summed E-state index contributed by atoms with van der Waals surface area (Å²) in [5.74, 6) is 2.02. The van der Waals surface area contributed by atoms with E-state index >= 15 is 0 Å². The number of nitriles is 1. The quantitative estimate of drug-likeness (QED) is 0.184. The number of nitrogens with zero attached hydrogens (tertiary/aromatic N) is 1. The zero-order chi connectivity index (χ0) is 38.6. The summed E-state index contributed by atoms with van der Waals surface area (Å²) < 4.78 is 6.71. The zero-order valence-electron chi connectivity index (χ0n) is 31.8. The topological polar surface area (TPSA) is 57.1 Å². The normalized spacial score (nSPS) is 19.3. The largest absolute Gasteiger partial charge is 0.457 e. The van der Waals surface area contributed by atoms with Gasteiger partial charge >= 0.3 is 0 Å². The molecule has 4 aliphatic rings. The molecule has 0 fully saturated rings. The number of nitrogens with one attached hydrogen (secondary N) is 2. The van der Waals surface area contributed by atoms with E-state index in [4.69, 9.17) is 4.74 Å². The number of para-hydroxylation sites is 2. The van der Waals surface area contributed by atoms with Crippen LogP contribution in [0.25, 0.3) is 28.0 Å². The van der Waals surface area contributed by atoms with E-state index in [9.17, 15) is 5.26 Å². The Morgan fingerprint density at radius 2 is 1.26 bits per heavy atom. The lowest BCUT2D eigenvalue weighted by molar-refractivity contribution is 0.435. The average molecular weight is 746 g/mol. The van der Waals surface area contributed by atoms with Crippen LogP contribution in [0.1, 0.15) is 69.1 Å². The van der Waals surface area contributed by atoms with Crippen LogP contribution in [0.15, 0.2) is 200 Å². The van der Waals surface area contributed by atoms with E-state index in [1.54, 1.807) is 0 Å². The molecule has 4 nitrogen and oxygen atoms in total. The third-order valence-corrected chi connectivity index (χ3v) is 12.4. The monoisotopic (exact) mass is 745 g/mol. The van der Waals surface area contributed by atoms with Gasteiger partial charge in [0.1, 0.15) is 17.7 Å². The van der Waals surface area contributed by atoms with Gasteiger partial charge in [-0.3, -0.25) is 5.32 Å². The predicted octanol–water partition coefficient (Wildman–Crippen LogP) is 12.3. The lowest BCUT2D eigenvalue weighted by Crippen LogP contribution is -2.39. The molecular weight excluding hydrogens is 707 g/mol. The van der Waals surface area contributed by atoms with Crippen molar-refractivity contribution in [3.8, 4) is 39.8 Å². The number of fused-ring (bicyclic) bond motifs is 9. The molecule has 3 atom stereocenters. The van der Waals surface area contributed by atoms with Gasteiger partial charge in [0.25, 0.3) is 0 Å². The predicted molar refractivity (Wildman–Crippen MR) is 232 cm³/mol. The molecule has 2 N–H and O–H groups in total. The number of benzene rings is 7. The van der Waals surface area contributed by atoms with Gasteiger partial charge in [-0.2, -0.15) is 5.26 Å². The molecule has 3 unspecified atom stereocenters. The maximum Gasteiger partial charge on any atom is 0.132 e. The van der Waals surface area contributed by atoms with Crippen LogP contribution in [0.5, 0.6) is 11.5 Å². The molecular formula is C54H39N3O. The molecule has 7 aromatic carbocycles. The summed E-state index contributed by atoms with van der Waals surface area (Å²) in [5.41, 5.74) is 15.7. The highest BCUT2D eigenvalue weighted by molar-refractivity contribution is 5.96. The second-order valence-electron chi connectivity index (χ2n) is 15.6. The number of hydrogen-bond acceptors (Lipinski definition) is 4. The Kier molecular flexibility index (Phi) is 8.10. The summed E-state index contributed by atoms with van der Waals surface area (Å²) in [5, 5.41) is 17.1. The fourth-order valence-corrected chi connectivity index (χ4v) is 9.71. The van der Waals surface area contributed by atoms with E-state index in [-0.39, 0.29) is 18.1 Å². The SMILES string of the molecule is N#CC1=CCC(c2ccc(-c3cccc4c3-c3ccc(C5C=C(c6ccccc6)NC(c6ccccc6)N5)cc3C43c4ccccc4Oc4ccccc43)cc2)C=C1. The molecule has 2 aliphatic heterocycles. The van der Waals surface area contributed by atoms with Crippen molar-refractivity contribution >= 4 is 5.70 Å². The third-order valence-electron chi connectivity index (χ3n) is 12.4. The Balaban J connectivity index is 1.11. The van der Waals surface area contributed by atoms with Crippen molar-refractivity contribution in [3.05, 3.63) is 244 Å². The van der Waals surface area contributed by atoms with Crippen LogP contribution in [-0.2, 0) is 5.41 Å². The van der Waals surface area contributed by atoms with E-state index in [0.29, 0.717) is 0 Å². The van der Waals surface area contributed by atoms with Crippen LogP contribution in [0.2, 0.25) is 0 Å². The van der Waals surface area contributed by atoms with Crippen LogP contribution in [0, 0.1) is 11.3 Å². The second kappa shape index (κ2) is 13.8. The van der Waals surface area contributed by atoms with Crippen molar-refractivity contribution in [2.24, 2.45) is 0 Å². The average Bonchev–Trinajstić information content (AvgIpc) is 3.59. The summed E-state index contributed by atoms with van der Waals surface area (Å²) in [6, 6.07) is 63.6. The van der Waals surface area contributed by atoms with Gasteiger partial charge in [0.15, 0.2) is 0 Å². The second-order valence-corrected chi connectivity index (χ2v) is 15.6. The Morgan fingerprint density at radius 3 is 1.97 bits per heavy atom. The number of ether oxygens (including phenoxy) is 1. The summed E-state index contributed by atoms with van der Waals surface area (Å²) >= 11 is 0. The first-order chi connectivity index (χ1) is 28.7. The van der Waals surface area contributed by atoms with Gasteiger partial charge in [0.05, 0.1) is 17.5 Å². The standard InChI is InChI=1S/C54H39N3O/c55-34-35-22-24-36(25-23-35)37-26-28-38(29-27-37)42-16-11-19-46-52(42)43-31-30-41(32-47(43)54(46)44-17-7-9-20-50(44)58-51-21-10-8-18-45(51)54)49-33-48(39-12-3-1-4-13-39)56-53(57-49)40-14-5-2-6-15-40/h1-24,26-33,36,49,53,56-57H,25H2. The molecule has 0 saturated heterocycles. The van der Waals surface area contributed by atoms with Crippen molar-refractivity contribution < 1.29 is 4.74 Å². The van der Waals surface area contributed by atoms with Crippen LogP contribution >= 0.6 is 0 Å². The van der Waals surface area contributed by atoms with Crippen molar-refractivity contribution in [1.29, 1.82) is 5.26 Å². The molecule has 1 spiro atoms. The summed E-state index contributed by atoms with van der Waals surface area (Å²) in [7, 11) is 0. The van der Waals surface area contributed by atoms with E-state index in [0.717, 1.165) is 45.9 Å². The lowest BCUT2D eigenvalue weighted by Gasteiger charge is -2.40. The van der Waals surface area contributed by atoms with Gasteiger partial charge in [-0.15, -0.1) is 0 Å². The van der Waals surface area contributed by atoms with E-state index in [2.05, 4.69) is 199 Å². The molecule has 0 aromatic heterocycles. The van der Waals surface area contributed by atoms with Gasteiger partial charge in [0.2, 0.25) is 0 Å². The fourth-order valence-electron chi connectivity index (χ4n) is 9.71. The van der Waals surface area contributed by atoms with Crippen LogP contribution < -0.4 is 15.4 Å². The highest BCUT2D eigenvalue weighted by Crippen LogP contribution is 2.63. The number of hydrogen-bond donors (Lipinski definition) is 2. The van der Waals surface area contributed by atoms with Gasteiger partial charge in [0, 0.05) is 28.3 Å². The maximum absolute atomic E-state index is 9.36. The summed E-state index contributed by atoms with van der Waals surface area (Å²) in [6.45, 7) is 0. The molecule has 4 heteroatoms. The van der Waals surface area contributed by atoms with Crippen molar-refractivity contribution in [3.63, 3.8) is 0 Å². The van der Waals surface area contributed by atoms with E-state index in [1.165, 1.54) is 50.1 Å². The molecule has 2 heterocycles. The minimum atomic E-state index is -0.614. The summed E-state index contributed by atoms with van der Waals surface area (Å²) in [6.07, 6.45) is 9.22. The molecule has 0 saturated carbocycles. The summed E-state index contributed by atoms with van der Waals surface area (Å²) in [4.78, 5) is 0. The van der Waals surface area contributed by atoms with Gasteiger partial charge < -0.3 is 10.1 Å². The smallest absolute Gasteiger partial charge is 0.132 e. The molecule has 0 bridgehead atoms. The highest BCUT2D eigenvalue weighted by atomic mass is 16.5. The van der Waals surface area contributed by atoms with Crippen molar-refractivity contribution in [2.75, 3.05) is 0 Å². The van der Waals surface area contributed by atoms with Gasteiger partial charge in [-0.05, 0) is 86.3 Å². The number of allylic oxidation sites excluding steroid dienone is 4. The Morgan fingerprint density at radius 1 is 0.586 bits per heavy atom. The minimum Gasteiger partial charge on any atom is -0.457 e. The fraction of sp³-hybridized carbons (Fsp3) is 0.0926. The van der Waals surface area contributed by atoms with Crippen LogP contribution in [0.3, 0.4) is 0 Å². The van der Waals surface area contributed by atoms with E-state index in [1.807, 2.05) is 12.2 Å². The van der Waals surface area contributed by atoms with Gasteiger partial charge in [-0.25, -0.2) is 0 Å². The molecule has 0 radical (unpaired) electrons. The Bertz CT molecular complexity index is 2820. The van der Waals surface area contributed by atoms with Crippen LogP contribution in [0.4, 0.5) is 0 Å². The highest BCUT2D eigenvalue weighted by Gasteiger charge is 2.52. The molecule has 0 amide bonds. The number of rotatable bonds is 5. The molecule has 2 aliphatic carbocycles. The molecule has 7 aromatic rings.